The number of nitrogens with one attached hydrogen (secondary N) is 2. The number of halogens is 1. The molecule has 160 valence electrons. The van der Waals surface area contributed by atoms with E-state index in [4.69, 9.17) is 11.6 Å². The normalized spacial score (nSPS) is 24.1. The molecule has 2 aliphatic rings. The molecule has 0 bridgehead atoms. The number of carbonyl (C=O) groups excluding carboxylic acids is 2. The molecule has 1 fully saturated rings. The van der Waals surface area contributed by atoms with Gasteiger partial charge in [0, 0.05) is 24.7 Å². The number of hydrogen-bond donors (Lipinski definition) is 2. The Kier molecular flexibility index (Phi) is 5.42. The number of nitrogens with zero attached hydrogens (tertiary/aromatic N) is 1. The molecule has 0 radical (unpaired) electrons. The zero-order valence-electron chi connectivity index (χ0n) is 16.5. The molecule has 4 rings (SSSR count). The summed E-state index contributed by atoms with van der Waals surface area (Å²) in [5.74, 6) is -1.29. The van der Waals surface area contributed by atoms with Gasteiger partial charge < -0.3 is 10.6 Å². The van der Waals surface area contributed by atoms with E-state index in [2.05, 4.69) is 10.6 Å². The predicted octanol–water partition coefficient (Wildman–Crippen LogP) is 2.27. The molecule has 2 N–H and O–H groups in total. The minimum absolute atomic E-state index is 0.0150. The third-order valence-corrected chi connectivity index (χ3v) is 9.04. The number of thiophene rings is 1. The Hall–Kier alpha value is -1.94. The van der Waals surface area contributed by atoms with Crippen LogP contribution < -0.4 is 10.6 Å². The first kappa shape index (κ1) is 21.3. The summed E-state index contributed by atoms with van der Waals surface area (Å²) in [6.07, 6.45) is 0.377. The van der Waals surface area contributed by atoms with Crippen molar-refractivity contribution >= 4 is 44.8 Å². The largest absolute Gasteiger partial charge is 0.354 e. The maximum Gasteiger partial charge on any atom is 0.252 e. The van der Waals surface area contributed by atoms with Crippen molar-refractivity contribution in [2.45, 2.75) is 36.1 Å². The van der Waals surface area contributed by atoms with Crippen molar-refractivity contribution in [3.63, 3.8) is 0 Å². The summed E-state index contributed by atoms with van der Waals surface area (Å²) in [6.45, 7) is 3.69. The first-order valence-electron chi connectivity index (χ1n) is 9.59. The average Bonchev–Trinajstić information content (AvgIpc) is 3.26. The fraction of sp³-hybridized carbons (Fsp3) is 0.400. The highest BCUT2D eigenvalue weighted by molar-refractivity contribution is 7.91. The van der Waals surface area contributed by atoms with E-state index in [1.807, 2.05) is 26.0 Å². The minimum atomic E-state index is -3.85. The molecule has 1 aromatic heterocycles. The highest BCUT2D eigenvalue weighted by Crippen LogP contribution is 2.39. The highest BCUT2D eigenvalue weighted by Gasteiger charge is 2.56. The zero-order chi connectivity index (χ0) is 21.7. The lowest BCUT2D eigenvalue weighted by Gasteiger charge is -2.39. The van der Waals surface area contributed by atoms with Crippen LogP contribution >= 0.6 is 22.9 Å². The van der Waals surface area contributed by atoms with Gasteiger partial charge >= 0.3 is 0 Å². The van der Waals surface area contributed by atoms with Crippen LogP contribution in [0.2, 0.25) is 4.34 Å². The number of rotatable bonds is 4. The van der Waals surface area contributed by atoms with Crippen molar-refractivity contribution in [1.29, 1.82) is 0 Å². The summed E-state index contributed by atoms with van der Waals surface area (Å²) >= 11 is 6.92. The van der Waals surface area contributed by atoms with Gasteiger partial charge in [-0.3, -0.25) is 9.59 Å². The Balaban J connectivity index is 1.74. The van der Waals surface area contributed by atoms with Crippen LogP contribution in [0.1, 0.15) is 29.8 Å². The van der Waals surface area contributed by atoms with Crippen LogP contribution in [0.15, 0.2) is 40.6 Å². The third-order valence-electron chi connectivity index (χ3n) is 5.53. The second kappa shape index (κ2) is 7.64. The summed E-state index contributed by atoms with van der Waals surface area (Å²) in [5.41, 5.74) is 0.345. The topological polar surface area (TPSA) is 95.6 Å². The molecule has 0 saturated carbocycles. The van der Waals surface area contributed by atoms with Gasteiger partial charge in [-0.05, 0) is 44.0 Å². The van der Waals surface area contributed by atoms with Crippen molar-refractivity contribution in [3.05, 3.63) is 51.9 Å². The number of amides is 2. The van der Waals surface area contributed by atoms with E-state index in [1.165, 1.54) is 16.4 Å². The summed E-state index contributed by atoms with van der Waals surface area (Å²) in [6, 6.07) is 10.1. The van der Waals surface area contributed by atoms with Gasteiger partial charge in [0.1, 0.15) is 4.21 Å². The Morgan fingerprint density at radius 2 is 2.03 bits per heavy atom. The number of hydrogen-bond acceptors (Lipinski definition) is 5. The molecule has 2 aliphatic heterocycles. The Bertz CT molecular complexity index is 1110. The van der Waals surface area contributed by atoms with E-state index >= 15 is 0 Å². The van der Waals surface area contributed by atoms with Crippen LogP contribution in [-0.2, 0) is 21.2 Å². The van der Waals surface area contributed by atoms with Crippen LogP contribution in [0, 0.1) is 5.92 Å². The monoisotopic (exact) mass is 467 g/mol. The van der Waals surface area contributed by atoms with Gasteiger partial charge in [0.15, 0.2) is 0 Å². The Morgan fingerprint density at radius 3 is 2.70 bits per heavy atom. The molecule has 0 aliphatic carbocycles. The van der Waals surface area contributed by atoms with Crippen LogP contribution in [0.3, 0.4) is 0 Å². The van der Waals surface area contributed by atoms with E-state index < -0.39 is 21.5 Å². The van der Waals surface area contributed by atoms with Crippen LogP contribution in [-0.4, -0.2) is 49.2 Å². The molecular formula is C20H22ClN3O4S2. The lowest BCUT2D eigenvalue weighted by molar-refractivity contribution is -0.126. The molecule has 2 atom stereocenters. The van der Waals surface area contributed by atoms with Crippen molar-refractivity contribution in [2.24, 2.45) is 5.92 Å². The molecule has 2 amide bonds. The molecule has 0 unspecified atom stereocenters. The Labute approximate surface area is 184 Å². The third kappa shape index (κ3) is 3.64. The standard InChI is InChI=1S/C20H22ClN3O4S2/c1-12(2)22-19(26)15-10-24(30(27,28)17-8-7-16(21)29-17)11-20(15)9-13-5-3-4-6-14(13)18(25)23-20/h3-8,12,15H,9-11H2,1-2H3,(H,22,26)(H,23,25)/t15-,20-/m1/s1. The Morgan fingerprint density at radius 1 is 1.30 bits per heavy atom. The van der Waals surface area contributed by atoms with Gasteiger partial charge in [0.05, 0.1) is 15.8 Å². The van der Waals surface area contributed by atoms with Gasteiger partial charge in [-0.1, -0.05) is 29.8 Å². The summed E-state index contributed by atoms with van der Waals surface area (Å²) < 4.78 is 28.2. The number of benzene rings is 1. The SMILES string of the molecule is CC(C)NC(=O)[C@H]1CN(S(=O)(=O)c2ccc(Cl)s2)C[C@]12Cc1ccccc1C(=O)N2. The van der Waals surface area contributed by atoms with Crippen molar-refractivity contribution < 1.29 is 18.0 Å². The molecule has 30 heavy (non-hydrogen) atoms. The zero-order valence-corrected chi connectivity index (χ0v) is 18.9. The maximum absolute atomic E-state index is 13.2. The van der Waals surface area contributed by atoms with Crippen LogP contribution in [0.25, 0.3) is 0 Å². The van der Waals surface area contributed by atoms with Crippen LogP contribution in [0.5, 0.6) is 0 Å². The highest BCUT2D eigenvalue weighted by atomic mass is 35.5. The van der Waals surface area contributed by atoms with Crippen LogP contribution in [0.4, 0.5) is 0 Å². The minimum Gasteiger partial charge on any atom is -0.354 e. The van der Waals surface area contributed by atoms with Gasteiger partial charge in [-0.2, -0.15) is 4.31 Å². The van der Waals surface area contributed by atoms with Gasteiger partial charge in [-0.25, -0.2) is 8.42 Å². The van der Waals surface area contributed by atoms with Gasteiger partial charge in [0.25, 0.3) is 15.9 Å². The molecular weight excluding hydrogens is 446 g/mol. The molecule has 1 spiro atoms. The molecule has 1 aromatic carbocycles. The molecule has 2 aromatic rings. The maximum atomic E-state index is 13.2. The van der Waals surface area contributed by atoms with E-state index in [9.17, 15) is 18.0 Å². The van der Waals surface area contributed by atoms with Gasteiger partial charge in [-0.15, -0.1) is 11.3 Å². The fourth-order valence-electron chi connectivity index (χ4n) is 4.21. The smallest absolute Gasteiger partial charge is 0.252 e. The second-order valence-corrected chi connectivity index (χ2v) is 11.9. The lowest BCUT2D eigenvalue weighted by Crippen LogP contribution is -2.62. The fourth-order valence-corrected chi connectivity index (χ4v) is 7.37. The number of fused-ring (bicyclic) bond motifs is 1. The first-order valence-corrected chi connectivity index (χ1v) is 12.2. The molecule has 10 heteroatoms. The van der Waals surface area contributed by atoms with Crippen molar-refractivity contribution in [2.75, 3.05) is 13.1 Å². The number of sulfonamides is 1. The number of carbonyl (C=O) groups is 2. The summed E-state index contributed by atoms with van der Waals surface area (Å²) in [5, 5.41) is 5.86. The lowest BCUT2D eigenvalue weighted by atomic mass is 9.77. The second-order valence-electron chi connectivity index (χ2n) is 8.02. The average molecular weight is 468 g/mol. The predicted molar refractivity (Wildman–Crippen MR) is 115 cm³/mol. The van der Waals surface area contributed by atoms with Crippen molar-refractivity contribution in [3.8, 4) is 0 Å². The summed E-state index contributed by atoms with van der Waals surface area (Å²) in [7, 11) is -3.85. The molecule has 1 saturated heterocycles. The van der Waals surface area contributed by atoms with E-state index in [1.54, 1.807) is 12.1 Å². The molecule has 7 nitrogen and oxygen atoms in total. The van der Waals surface area contributed by atoms with E-state index in [0.717, 1.165) is 16.9 Å². The first-order chi connectivity index (χ1) is 14.1. The summed E-state index contributed by atoms with van der Waals surface area (Å²) in [4.78, 5) is 25.9. The van der Waals surface area contributed by atoms with Gasteiger partial charge in [0.2, 0.25) is 5.91 Å². The van der Waals surface area contributed by atoms with E-state index in [0.29, 0.717) is 16.3 Å². The van der Waals surface area contributed by atoms with Crippen molar-refractivity contribution in [1.82, 2.24) is 14.9 Å². The molecule has 3 heterocycles. The van der Waals surface area contributed by atoms with E-state index in [-0.39, 0.29) is 35.2 Å². The quantitative estimate of drug-likeness (QED) is 0.721.